The van der Waals surface area contributed by atoms with E-state index in [9.17, 15) is 0 Å². The lowest BCUT2D eigenvalue weighted by atomic mass is 9.91. The molecular formula is C17H18ClNO2. The Morgan fingerprint density at radius 1 is 1.24 bits per heavy atom. The number of benzene rings is 1. The van der Waals surface area contributed by atoms with Gasteiger partial charge in [0.2, 0.25) is 5.88 Å². The van der Waals surface area contributed by atoms with Gasteiger partial charge in [0.1, 0.15) is 0 Å². The summed E-state index contributed by atoms with van der Waals surface area (Å²) < 4.78 is 11.3. The fraction of sp³-hybridized carbons (Fsp3) is 0.353. The molecule has 110 valence electrons. The van der Waals surface area contributed by atoms with E-state index in [4.69, 9.17) is 21.1 Å². The van der Waals surface area contributed by atoms with Gasteiger partial charge in [-0.05, 0) is 49.1 Å². The summed E-state index contributed by atoms with van der Waals surface area (Å²) >= 11 is 6.21. The maximum absolute atomic E-state index is 6.21. The number of pyridine rings is 1. The van der Waals surface area contributed by atoms with Gasteiger partial charge >= 0.3 is 0 Å². The molecule has 3 nitrogen and oxygen atoms in total. The molecule has 1 aliphatic rings. The van der Waals surface area contributed by atoms with E-state index in [0.29, 0.717) is 5.88 Å². The molecule has 0 aliphatic carbocycles. The summed E-state index contributed by atoms with van der Waals surface area (Å²) in [4.78, 5) is 4.32. The van der Waals surface area contributed by atoms with Gasteiger partial charge in [-0.1, -0.05) is 17.7 Å². The van der Waals surface area contributed by atoms with Crippen molar-refractivity contribution in [3.05, 3.63) is 46.6 Å². The second-order valence-corrected chi connectivity index (χ2v) is 5.84. The highest BCUT2D eigenvalue weighted by Crippen LogP contribution is 2.38. The molecule has 0 bridgehead atoms. The summed E-state index contributed by atoms with van der Waals surface area (Å²) in [6.45, 7) is 4.15. The maximum atomic E-state index is 6.21. The Balaban J connectivity index is 2.26. The lowest BCUT2D eigenvalue weighted by Crippen LogP contribution is -2.18. The Kier molecular flexibility index (Phi) is 3.87. The monoisotopic (exact) mass is 303 g/mol. The van der Waals surface area contributed by atoms with E-state index in [1.165, 1.54) is 5.56 Å². The number of methoxy groups -OCH3 is 1. The van der Waals surface area contributed by atoms with Crippen molar-refractivity contribution < 1.29 is 9.47 Å². The summed E-state index contributed by atoms with van der Waals surface area (Å²) in [5.41, 5.74) is 4.51. The minimum Gasteiger partial charge on any atom is -0.481 e. The SMILES string of the molecule is COc1cc2c(cn1)[C@H](C)O[C@H](C)Cc1ccc(Cl)cc1-2. The molecule has 1 aliphatic heterocycles. The van der Waals surface area contributed by atoms with Crippen molar-refractivity contribution in [2.75, 3.05) is 7.11 Å². The number of hydrogen-bond donors (Lipinski definition) is 0. The van der Waals surface area contributed by atoms with E-state index in [1.807, 2.05) is 24.4 Å². The highest BCUT2D eigenvalue weighted by atomic mass is 35.5. The number of rotatable bonds is 1. The fourth-order valence-electron chi connectivity index (χ4n) is 2.87. The average Bonchev–Trinajstić information content (AvgIpc) is 2.47. The zero-order chi connectivity index (χ0) is 15.0. The van der Waals surface area contributed by atoms with Crippen LogP contribution in [0.4, 0.5) is 0 Å². The summed E-state index contributed by atoms with van der Waals surface area (Å²) in [5, 5.41) is 0.734. The number of nitrogens with zero attached hydrogens (tertiary/aromatic N) is 1. The summed E-state index contributed by atoms with van der Waals surface area (Å²) in [6.07, 6.45) is 2.83. The third-order valence-electron chi connectivity index (χ3n) is 3.86. The zero-order valence-electron chi connectivity index (χ0n) is 12.4. The molecule has 21 heavy (non-hydrogen) atoms. The van der Waals surface area contributed by atoms with Gasteiger partial charge in [-0.2, -0.15) is 0 Å². The quantitative estimate of drug-likeness (QED) is 0.781. The van der Waals surface area contributed by atoms with Crippen LogP contribution in [-0.4, -0.2) is 18.2 Å². The number of ether oxygens (including phenoxy) is 2. The van der Waals surface area contributed by atoms with Gasteiger partial charge in [0.15, 0.2) is 0 Å². The van der Waals surface area contributed by atoms with Crippen molar-refractivity contribution in [1.29, 1.82) is 0 Å². The zero-order valence-corrected chi connectivity index (χ0v) is 13.1. The third kappa shape index (κ3) is 2.76. The smallest absolute Gasteiger partial charge is 0.213 e. The van der Waals surface area contributed by atoms with Gasteiger partial charge in [-0.3, -0.25) is 0 Å². The summed E-state index contributed by atoms with van der Waals surface area (Å²) in [7, 11) is 1.62. The van der Waals surface area contributed by atoms with Crippen LogP contribution in [-0.2, 0) is 11.2 Å². The largest absolute Gasteiger partial charge is 0.481 e. The molecule has 1 aromatic carbocycles. The Labute approximate surface area is 129 Å². The standard InChI is InChI=1S/C17H18ClNO2/c1-10-6-12-4-5-13(18)7-14(12)15-8-17(20-3)19-9-16(15)11(2)21-10/h4-5,7-11H,6H2,1-3H3/t10-,11+/m1/s1. The van der Waals surface area contributed by atoms with Gasteiger partial charge in [0, 0.05) is 22.8 Å². The van der Waals surface area contributed by atoms with Crippen molar-refractivity contribution in [2.24, 2.45) is 0 Å². The molecule has 2 atom stereocenters. The van der Waals surface area contributed by atoms with Gasteiger partial charge < -0.3 is 9.47 Å². The second kappa shape index (κ2) is 5.66. The predicted molar refractivity (Wildman–Crippen MR) is 83.9 cm³/mol. The minimum absolute atomic E-state index is 0.0134. The van der Waals surface area contributed by atoms with Gasteiger partial charge in [0.25, 0.3) is 0 Å². The molecule has 0 saturated carbocycles. The number of aromatic nitrogens is 1. The van der Waals surface area contributed by atoms with Crippen LogP contribution in [0.3, 0.4) is 0 Å². The Morgan fingerprint density at radius 3 is 2.81 bits per heavy atom. The van der Waals surface area contributed by atoms with Gasteiger partial charge in [-0.25, -0.2) is 4.98 Å². The Bertz CT molecular complexity index is 672. The molecule has 0 spiro atoms. The predicted octanol–water partition coefficient (Wildman–Crippen LogP) is 4.43. The molecule has 0 saturated heterocycles. The van der Waals surface area contributed by atoms with E-state index in [-0.39, 0.29) is 12.2 Å². The van der Waals surface area contributed by atoms with Crippen molar-refractivity contribution in [1.82, 2.24) is 4.98 Å². The van der Waals surface area contributed by atoms with Crippen molar-refractivity contribution >= 4 is 11.6 Å². The highest BCUT2D eigenvalue weighted by molar-refractivity contribution is 6.30. The van der Waals surface area contributed by atoms with E-state index >= 15 is 0 Å². The summed E-state index contributed by atoms with van der Waals surface area (Å²) in [5.74, 6) is 0.598. The molecule has 0 unspecified atom stereocenters. The third-order valence-corrected chi connectivity index (χ3v) is 4.10. The van der Waals surface area contributed by atoms with Crippen molar-refractivity contribution in [3.63, 3.8) is 0 Å². The molecule has 0 radical (unpaired) electrons. The first-order valence-electron chi connectivity index (χ1n) is 7.06. The van der Waals surface area contributed by atoms with Crippen LogP contribution in [0.1, 0.15) is 31.1 Å². The van der Waals surface area contributed by atoms with Crippen LogP contribution in [0.25, 0.3) is 11.1 Å². The maximum Gasteiger partial charge on any atom is 0.213 e. The lowest BCUT2D eigenvalue weighted by molar-refractivity contribution is 0.00699. The van der Waals surface area contributed by atoms with E-state index in [0.717, 1.165) is 28.1 Å². The number of fused-ring (bicyclic) bond motifs is 3. The number of halogens is 1. The van der Waals surface area contributed by atoms with Crippen LogP contribution in [0.15, 0.2) is 30.5 Å². The molecule has 4 heteroatoms. The van der Waals surface area contributed by atoms with E-state index in [1.54, 1.807) is 7.11 Å². The van der Waals surface area contributed by atoms with E-state index in [2.05, 4.69) is 24.9 Å². The van der Waals surface area contributed by atoms with Crippen molar-refractivity contribution in [3.8, 4) is 17.0 Å². The first kappa shape index (κ1) is 14.4. The second-order valence-electron chi connectivity index (χ2n) is 5.41. The first-order chi connectivity index (χ1) is 10.1. The molecule has 1 aromatic heterocycles. The molecular weight excluding hydrogens is 286 g/mol. The highest BCUT2D eigenvalue weighted by Gasteiger charge is 2.23. The molecule has 0 amide bonds. The average molecular weight is 304 g/mol. The van der Waals surface area contributed by atoms with Crippen LogP contribution in [0, 0.1) is 0 Å². The van der Waals surface area contributed by atoms with Crippen LogP contribution < -0.4 is 4.74 Å². The van der Waals surface area contributed by atoms with E-state index < -0.39 is 0 Å². The fourth-order valence-corrected chi connectivity index (χ4v) is 3.04. The summed E-state index contributed by atoms with van der Waals surface area (Å²) in [6, 6.07) is 7.97. The normalized spacial score (nSPS) is 21.0. The topological polar surface area (TPSA) is 31.4 Å². The Hall–Kier alpha value is -1.58. The molecule has 2 heterocycles. The van der Waals surface area contributed by atoms with Crippen LogP contribution >= 0.6 is 11.6 Å². The number of hydrogen-bond acceptors (Lipinski definition) is 3. The minimum atomic E-state index is -0.0134. The molecule has 2 aromatic rings. The van der Waals surface area contributed by atoms with Crippen LogP contribution in [0.5, 0.6) is 5.88 Å². The molecule has 0 N–H and O–H groups in total. The van der Waals surface area contributed by atoms with Crippen LogP contribution in [0.2, 0.25) is 5.02 Å². The molecule has 0 fully saturated rings. The lowest BCUT2D eigenvalue weighted by Gasteiger charge is -2.27. The Morgan fingerprint density at radius 2 is 2.05 bits per heavy atom. The first-order valence-corrected chi connectivity index (χ1v) is 7.44. The van der Waals surface area contributed by atoms with Gasteiger partial charge in [0.05, 0.1) is 19.3 Å². The van der Waals surface area contributed by atoms with Gasteiger partial charge in [-0.15, -0.1) is 0 Å². The van der Waals surface area contributed by atoms with Crippen molar-refractivity contribution in [2.45, 2.75) is 32.5 Å². The molecule has 3 rings (SSSR count).